The van der Waals surface area contributed by atoms with E-state index in [1.165, 1.54) is 0 Å². The normalized spacial score (nSPS) is 12.2. The number of hydrogen-bond donors (Lipinski definition) is 2. The van der Waals surface area contributed by atoms with E-state index in [9.17, 15) is 9.90 Å². The number of halogens is 1. The van der Waals surface area contributed by atoms with E-state index >= 15 is 0 Å². The minimum Gasteiger partial charge on any atom is -0.490 e. The number of benzene rings is 1. The first-order valence-corrected chi connectivity index (χ1v) is 8.80. The number of carboxylic acids is 1. The predicted molar refractivity (Wildman–Crippen MR) is 96.1 cm³/mol. The van der Waals surface area contributed by atoms with Crippen LogP contribution in [-0.4, -0.2) is 30.3 Å². The summed E-state index contributed by atoms with van der Waals surface area (Å²) in [7, 11) is 0. The second kappa shape index (κ2) is 10.4. The minimum absolute atomic E-state index is 0.290. The van der Waals surface area contributed by atoms with Crippen molar-refractivity contribution in [3.63, 3.8) is 0 Å². The van der Waals surface area contributed by atoms with Gasteiger partial charge in [-0.25, -0.2) is 0 Å². The smallest absolute Gasteiger partial charge is 0.320 e. The maximum absolute atomic E-state index is 11.3. The van der Waals surface area contributed by atoms with Crippen LogP contribution in [0.25, 0.3) is 0 Å². The summed E-state index contributed by atoms with van der Waals surface area (Å²) in [5.41, 5.74) is 0.791. The van der Waals surface area contributed by atoms with Crippen molar-refractivity contribution >= 4 is 17.6 Å². The van der Waals surface area contributed by atoms with Gasteiger partial charge in [-0.15, -0.1) is 0 Å². The van der Waals surface area contributed by atoms with Crippen molar-refractivity contribution in [2.75, 3.05) is 13.2 Å². The van der Waals surface area contributed by atoms with Gasteiger partial charge in [-0.3, -0.25) is 4.79 Å². The Balaban J connectivity index is 2.90. The van der Waals surface area contributed by atoms with E-state index in [0.29, 0.717) is 42.7 Å². The van der Waals surface area contributed by atoms with Crippen LogP contribution in [0.15, 0.2) is 12.1 Å². The average molecular weight is 358 g/mol. The first-order valence-electron chi connectivity index (χ1n) is 8.43. The molecule has 1 rings (SSSR count). The molecule has 0 radical (unpaired) electrons. The van der Waals surface area contributed by atoms with Crippen LogP contribution >= 0.6 is 11.6 Å². The van der Waals surface area contributed by atoms with Gasteiger partial charge in [0.1, 0.15) is 6.04 Å². The number of carbonyl (C=O) groups is 1. The highest BCUT2D eigenvalue weighted by molar-refractivity contribution is 6.31. The SMILES string of the molecule is CCCOc1cc(Cl)c(CNC(CC(C)C)C(=O)O)cc1OCC. The average Bonchev–Trinajstić information content (AvgIpc) is 2.51. The fourth-order valence-electron chi connectivity index (χ4n) is 2.28. The van der Waals surface area contributed by atoms with E-state index in [-0.39, 0.29) is 5.92 Å². The molecule has 0 aliphatic heterocycles. The molecule has 1 aromatic rings. The quantitative estimate of drug-likeness (QED) is 0.623. The van der Waals surface area contributed by atoms with Gasteiger partial charge in [0, 0.05) is 17.6 Å². The Morgan fingerprint density at radius 3 is 2.46 bits per heavy atom. The van der Waals surface area contributed by atoms with Gasteiger partial charge in [-0.2, -0.15) is 0 Å². The summed E-state index contributed by atoms with van der Waals surface area (Å²) >= 11 is 6.33. The highest BCUT2D eigenvalue weighted by atomic mass is 35.5. The highest BCUT2D eigenvalue weighted by Gasteiger charge is 2.19. The van der Waals surface area contributed by atoms with Crippen molar-refractivity contribution in [2.45, 2.75) is 53.1 Å². The van der Waals surface area contributed by atoms with Crippen LogP contribution in [0.1, 0.15) is 46.1 Å². The molecule has 0 aromatic heterocycles. The molecule has 2 N–H and O–H groups in total. The van der Waals surface area contributed by atoms with Gasteiger partial charge in [-0.1, -0.05) is 32.4 Å². The molecule has 1 aromatic carbocycles. The van der Waals surface area contributed by atoms with Gasteiger partial charge in [0.15, 0.2) is 11.5 Å². The van der Waals surface area contributed by atoms with Crippen LogP contribution in [0.4, 0.5) is 0 Å². The largest absolute Gasteiger partial charge is 0.490 e. The van der Waals surface area contributed by atoms with Crippen LogP contribution in [-0.2, 0) is 11.3 Å². The third-order valence-corrected chi connectivity index (χ3v) is 3.77. The van der Waals surface area contributed by atoms with Crippen molar-refractivity contribution in [1.82, 2.24) is 5.32 Å². The lowest BCUT2D eigenvalue weighted by Crippen LogP contribution is -2.37. The summed E-state index contributed by atoms with van der Waals surface area (Å²) in [4.78, 5) is 11.3. The molecule has 0 spiro atoms. The van der Waals surface area contributed by atoms with E-state index in [1.807, 2.05) is 33.8 Å². The Bertz CT molecular complexity index is 534. The van der Waals surface area contributed by atoms with Gasteiger partial charge in [0.2, 0.25) is 0 Å². The lowest BCUT2D eigenvalue weighted by atomic mass is 10.0. The third kappa shape index (κ3) is 6.57. The molecular weight excluding hydrogens is 330 g/mol. The highest BCUT2D eigenvalue weighted by Crippen LogP contribution is 2.34. The second-order valence-electron chi connectivity index (χ2n) is 6.07. The monoisotopic (exact) mass is 357 g/mol. The fourth-order valence-corrected chi connectivity index (χ4v) is 2.50. The Labute approximate surface area is 149 Å². The summed E-state index contributed by atoms with van der Waals surface area (Å²) in [5, 5.41) is 12.9. The van der Waals surface area contributed by atoms with E-state index in [2.05, 4.69) is 5.32 Å². The lowest BCUT2D eigenvalue weighted by molar-refractivity contribution is -0.140. The van der Waals surface area contributed by atoms with Crippen molar-refractivity contribution in [2.24, 2.45) is 5.92 Å². The molecule has 0 saturated heterocycles. The molecule has 0 amide bonds. The van der Waals surface area contributed by atoms with Gasteiger partial charge >= 0.3 is 5.97 Å². The zero-order valence-electron chi connectivity index (χ0n) is 14.9. The minimum atomic E-state index is -0.854. The van der Waals surface area contributed by atoms with Gasteiger partial charge in [-0.05, 0) is 37.3 Å². The summed E-state index contributed by atoms with van der Waals surface area (Å²) in [6.07, 6.45) is 1.45. The first kappa shape index (κ1) is 20.6. The molecule has 1 atom stereocenters. The number of nitrogens with one attached hydrogen (secondary N) is 1. The number of carboxylic acid groups (broad SMARTS) is 1. The number of aliphatic carboxylic acids is 1. The summed E-state index contributed by atoms with van der Waals surface area (Å²) in [6, 6.07) is 2.95. The molecule has 24 heavy (non-hydrogen) atoms. The standard InChI is InChI=1S/C18H28ClNO4/c1-5-7-24-17-10-14(19)13(9-16(17)23-6-2)11-20-15(18(21)22)8-12(3)4/h9-10,12,15,20H,5-8,11H2,1-4H3,(H,21,22). The Morgan fingerprint density at radius 1 is 1.25 bits per heavy atom. The van der Waals surface area contributed by atoms with Crippen LogP contribution in [0.3, 0.4) is 0 Å². The van der Waals surface area contributed by atoms with Crippen LogP contribution in [0.5, 0.6) is 11.5 Å². The molecule has 0 aliphatic rings. The molecule has 0 heterocycles. The van der Waals surface area contributed by atoms with Crippen molar-refractivity contribution in [1.29, 1.82) is 0 Å². The Kier molecular flexibility index (Phi) is 8.93. The van der Waals surface area contributed by atoms with E-state index in [0.717, 1.165) is 12.0 Å². The molecule has 5 nitrogen and oxygen atoms in total. The summed E-state index contributed by atoms with van der Waals surface area (Å²) < 4.78 is 11.3. The second-order valence-corrected chi connectivity index (χ2v) is 6.48. The fraction of sp³-hybridized carbons (Fsp3) is 0.611. The molecule has 0 bridgehead atoms. The molecule has 136 valence electrons. The van der Waals surface area contributed by atoms with Gasteiger partial charge in [0.25, 0.3) is 0 Å². The van der Waals surface area contributed by atoms with Crippen LogP contribution < -0.4 is 14.8 Å². The van der Waals surface area contributed by atoms with Gasteiger partial charge in [0.05, 0.1) is 13.2 Å². The van der Waals surface area contributed by atoms with Crippen LogP contribution in [0, 0.1) is 5.92 Å². The van der Waals surface area contributed by atoms with Crippen LogP contribution in [0.2, 0.25) is 5.02 Å². The Morgan fingerprint density at radius 2 is 1.92 bits per heavy atom. The van der Waals surface area contributed by atoms with Gasteiger partial charge < -0.3 is 19.9 Å². The number of hydrogen-bond acceptors (Lipinski definition) is 4. The molecule has 6 heteroatoms. The first-order chi connectivity index (χ1) is 11.4. The van der Waals surface area contributed by atoms with E-state index < -0.39 is 12.0 Å². The van der Waals surface area contributed by atoms with Crippen molar-refractivity contribution < 1.29 is 19.4 Å². The zero-order valence-corrected chi connectivity index (χ0v) is 15.7. The maximum atomic E-state index is 11.3. The predicted octanol–water partition coefficient (Wildman–Crippen LogP) is 4.12. The van der Waals surface area contributed by atoms with E-state index in [1.54, 1.807) is 6.07 Å². The zero-order chi connectivity index (χ0) is 18.1. The molecule has 0 fully saturated rings. The third-order valence-electron chi connectivity index (χ3n) is 3.42. The molecule has 0 saturated carbocycles. The summed E-state index contributed by atoms with van der Waals surface area (Å²) in [5.74, 6) is 0.679. The maximum Gasteiger partial charge on any atom is 0.320 e. The van der Waals surface area contributed by atoms with E-state index in [4.69, 9.17) is 21.1 Å². The molecular formula is C18H28ClNO4. The lowest BCUT2D eigenvalue weighted by Gasteiger charge is -2.18. The molecule has 0 aliphatic carbocycles. The summed E-state index contributed by atoms with van der Waals surface area (Å²) in [6.45, 7) is 9.39. The Hall–Kier alpha value is -1.46. The number of rotatable bonds is 11. The van der Waals surface area contributed by atoms with Crippen molar-refractivity contribution in [3.8, 4) is 11.5 Å². The van der Waals surface area contributed by atoms with Crippen molar-refractivity contribution in [3.05, 3.63) is 22.7 Å². The number of ether oxygens (including phenoxy) is 2. The topological polar surface area (TPSA) is 67.8 Å². The molecule has 1 unspecified atom stereocenters.